The van der Waals surface area contributed by atoms with Gasteiger partial charge in [0.1, 0.15) is 5.82 Å². The Kier molecular flexibility index (Phi) is 6.35. The first kappa shape index (κ1) is 20.6. The number of rotatable bonds is 5. The molecule has 7 nitrogen and oxygen atoms in total. The molecule has 0 aromatic heterocycles. The molecule has 2 aromatic carbocycles. The molecule has 0 aliphatic carbocycles. The van der Waals surface area contributed by atoms with Crippen molar-refractivity contribution in [2.75, 3.05) is 18.9 Å². The topological polar surface area (TPSA) is 92.6 Å². The van der Waals surface area contributed by atoms with Crippen LogP contribution in [-0.4, -0.2) is 35.2 Å². The van der Waals surface area contributed by atoms with Crippen molar-refractivity contribution in [3.63, 3.8) is 0 Å². The molecule has 0 heterocycles. The standard InChI is InChI=1S/C17H14Cl2FN3O4/c1-9-14(20)5-10(6-15(9)23(26)27)17(25)22(2)8-16(24)21-11-3-4-12(18)13(19)7-11/h3-7H,8H2,1-2H3,(H,21,24). The van der Waals surface area contributed by atoms with Gasteiger partial charge < -0.3 is 10.2 Å². The van der Waals surface area contributed by atoms with Crippen LogP contribution in [0.1, 0.15) is 15.9 Å². The summed E-state index contributed by atoms with van der Waals surface area (Å²) in [6, 6.07) is 6.36. The van der Waals surface area contributed by atoms with E-state index in [0.29, 0.717) is 10.7 Å². The maximum atomic E-state index is 13.9. The van der Waals surface area contributed by atoms with E-state index >= 15 is 0 Å². The SMILES string of the molecule is Cc1c(F)cc(C(=O)N(C)CC(=O)Nc2ccc(Cl)c(Cl)c2)cc1[N+](=O)[O-]. The fraction of sp³-hybridized carbons (Fsp3) is 0.176. The summed E-state index contributed by atoms with van der Waals surface area (Å²) in [7, 11) is 1.32. The molecule has 1 N–H and O–H groups in total. The first-order valence-corrected chi connectivity index (χ1v) is 8.30. The average molecular weight is 414 g/mol. The number of nitro benzene ring substituents is 1. The molecule has 0 radical (unpaired) electrons. The number of halogens is 3. The highest BCUT2D eigenvalue weighted by Gasteiger charge is 2.22. The van der Waals surface area contributed by atoms with E-state index in [-0.39, 0.29) is 22.7 Å². The van der Waals surface area contributed by atoms with Gasteiger partial charge in [-0.2, -0.15) is 0 Å². The van der Waals surface area contributed by atoms with E-state index in [0.717, 1.165) is 17.0 Å². The Balaban J connectivity index is 2.12. The van der Waals surface area contributed by atoms with Gasteiger partial charge in [-0.15, -0.1) is 0 Å². The molecule has 27 heavy (non-hydrogen) atoms. The molecule has 0 unspecified atom stereocenters. The van der Waals surface area contributed by atoms with Gasteiger partial charge in [0.15, 0.2) is 0 Å². The minimum atomic E-state index is -0.874. The maximum Gasteiger partial charge on any atom is 0.276 e. The highest BCUT2D eigenvalue weighted by molar-refractivity contribution is 6.42. The molecule has 0 aliphatic rings. The van der Waals surface area contributed by atoms with Gasteiger partial charge >= 0.3 is 0 Å². The number of carbonyl (C=O) groups is 2. The highest BCUT2D eigenvalue weighted by Crippen LogP contribution is 2.25. The second-order valence-corrected chi connectivity index (χ2v) is 6.51. The normalized spacial score (nSPS) is 10.4. The van der Waals surface area contributed by atoms with Crippen molar-refractivity contribution in [3.8, 4) is 0 Å². The molecular weight excluding hydrogens is 400 g/mol. The van der Waals surface area contributed by atoms with Crippen molar-refractivity contribution in [1.29, 1.82) is 0 Å². The summed E-state index contributed by atoms with van der Waals surface area (Å²) < 4.78 is 13.9. The zero-order valence-electron chi connectivity index (χ0n) is 14.3. The molecule has 2 rings (SSSR count). The molecule has 0 fully saturated rings. The second-order valence-electron chi connectivity index (χ2n) is 5.70. The Morgan fingerprint density at radius 2 is 1.89 bits per heavy atom. The third kappa shape index (κ3) is 4.93. The second kappa shape index (κ2) is 8.32. The Bertz CT molecular complexity index is 937. The zero-order chi connectivity index (χ0) is 20.3. The summed E-state index contributed by atoms with van der Waals surface area (Å²) in [6.07, 6.45) is 0. The van der Waals surface area contributed by atoms with E-state index in [1.54, 1.807) is 0 Å². The number of hydrogen-bond acceptors (Lipinski definition) is 4. The quantitative estimate of drug-likeness (QED) is 0.590. The van der Waals surface area contributed by atoms with Gasteiger partial charge in [-0.1, -0.05) is 23.2 Å². The van der Waals surface area contributed by atoms with E-state index in [1.165, 1.54) is 32.2 Å². The number of nitrogens with one attached hydrogen (secondary N) is 1. The lowest BCUT2D eigenvalue weighted by Crippen LogP contribution is -2.35. The van der Waals surface area contributed by atoms with Crippen LogP contribution in [0, 0.1) is 22.9 Å². The number of carbonyl (C=O) groups excluding carboxylic acids is 2. The van der Waals surface area contributed by atoms with E-state index in [2.05, 4.69) is 5.32 Å². The Labute approximate surface area is 163 Å². The number of nitrogens with zero attached hydrogens (tertiary/aromatic N) is 2. The van der Waals surface area contributed by atoms with Crippen LogP contribution in [-0.2, 0) is 4.79 Å². The van der Waals surface area contributed by atoms with Crippen molar-refractivity contribution in [2.45, 2.75) is 6.92 Å². The summed E-state index contributed by atoms with van der Waals surface area (Å²) in [4.78, 5) is 35.7. The number of nitro groups is 1. The average Bonchev–Trinajstić information content (AvgIpc) is 2.59. The summed E-state index contributed by atoms with van der Waals surface area (Å²) in [5, 5.41) is 14.1. The predicted molar refractivity (Wildman–Crippen MR) is 99.8 cm³/mol. The van der Waals surface area contributed by atoms with Crippen molar-refractivity contribution in [2.24, 2.45) is 0 Å². The predicted octanol–water partition coefficient (Wildman–Crippen LogP) is 4.06. The molecule has 142 valence electrons. The van der Waals surface area contributed by atoms with E-state index in [4.69, 9.17) is 23.2 Å². The molecule has 10 heteroatoms. The van der Waals surface area contributed by atoms with Gasteiger partial charge in [0, 0.05) is 24.4 Å². The van der Waals surface area contributed by atoms with Gasteiger partial charge in [0.05, 0.1) is 27.1 Å². The van der Waals surface area contributed by atoms with Gasteiger partial charge in [-0.3, -0.25) is 19.7 Å². The first-order chi connectivity index (χ1) is 12.6. The number of anilines is 1. The van der Waals surface area contributed by atoms with Crippen molar-refractivity contribution >= 4 is 46.4 Å². The van der Waals surface area contributed by atoms with Gasteiger partial charge in [0.2, 0.25) is 5.91 Å². The fourth-order valence-electron chi connectivity index (χ4n) is 2.26. The van der Waals surface area contributed by atoms with Gasteiger partial charge in [-0.05, 0) is 31.2 Å². The minimum absolute atomic E-state index is 0.170. The van der Waals surface area contributed by atoms with Crippen molar-refractivity contribution in [3.05, 3.63) is 67.4 Å². The number of hydrogen-bond donors (Lipinski definition) is 1. The molecule has 0 bridgehead atoms. The van der Waals surface area contributed by atoms with E-state index in [1.807, 2.05) is 0 Å². The Morgan fingerprint density at radius 1 is 1.22 bits per heavy atom. The molecule has 0 aliphatic heterocycles. The summed E-state index contributed by atoms with van der Waals surface area (Å²) in [6.45, 7) is 0.887. The van der Waals surface area contributed by atoms with E-state index in [9.17, 15) is 24.1 Å². The first-order valence-electron chi connectivity index (χ1n) is 7.55. The highest BCUT2D eigenvalue weighted by atomic mass is 35.5. The smallest absolute Gasteiger partial charge is 0.276 e. The molecular formula is C17H14Cl2FN3O4. The summed E-state index contributed by atoms with van der Waals surface area (Å²) >= 11 is 11.7. The molecule has 0 saturated heterocycles. The van der Waals surface area contributed by atoms with Crippen LogP contribution in [0.15, 0.2) is 30.3 Å². The lowest BCUT2D eigenvalue weighted by atomic mass is 10.1. The summed E-state index contributed by atoms with van der Waals surface area (Å²) in [5.41, 5.74) is -0.523. The minimum Gasteiger partial charge on any atom is -0.332 e. The molecule has 0 saturated carbocycles. The van der Waals surface area contributed by atoms with Crippen LogP contribution in [0.5, 0.6) is 0 Å². The third-order valence-electron chi connectivity index (χ3n) is 3.69. The van der Waals surface area contributed by atoms with Crippen molar-refractivity contribution in [1.82, 2.24) is 4.90 Å². The van der Waals surface area contributed by atoms with Gasteiger partial charge in [-0.25, -0.2) is 4.39 Å². The van der Waals surface area contributed by atoms with Crippen LogP contribution in [0.3, 0.4) is 0 Å². The lowest BCUT2D eigenvalue weighted by Gasteiger charge is -2.17. The maximum absolute atomic E-state index is 13.9. The number of benzene rings is 2. The molecule has 0 spiro atoms. The largest absolute Gasteiger partial charge is 0.332 e. The summed E-state index contributed by atoms with van der Waals surface area (Å²) in [5.74, 6) is -2.14. The van der Waals surface area contributed by atoms with Crippen LogP contribution >= 0.6 is 23.2 Å². The van der Waals surface area contributed by atoms with Gasteiger partial charge in [0.25, 0.3) is 11.6 Å². The van der Waals surface area contributed by atoms with Crippen LogP contribution in [0.2, 0.25) is 10.0 Å². The number of amides is 2. The van der Waals surface area contributed by atoms with E-state index < -0.39 is 28.2 Å². The zero-order valence-corrected chi connectivity index (χ0v) is 15.8. The van der Waals surface area contributed by atoms with Crippen LogP contribution in [0.25, 0.3) is 0 Å². The van der Waals surface area contributed by atoms with Crippen molar-refractivity contribution < 1.29 is 18.9 Å². The van der Waals surface area contributed by atoms with Crippen LogP contribution in [0.4, 0.5) is 15.8 Å². The molecule has 0 atom stereocenters. The lowest BCUT2D eigenvalue weighted by molar-refractivity contribution is -0.385. The Morgan fingerprint density at radius 3 is 2.48 bits per heavy atom. The fourth-order valence-corrected chi connectivity index (χ4v) is 2.56. The third-order valence-corrected chi connectivity index (χ3v) is 4.43. The molecule has 2 amide bonds. The van der Waals surface area contributed by atoms with Crippen LogP contribution < -0.4 is 5.32 Å². The number of likely N-dealkylation sites (N-methyl/N-ethyl adjacent to an activating group) is 1. The Hall–Kier alpha value is -2.71. The molecule has 2 aromatic rings. The monoisotopic (exact) mass is 413 g/mol.